The van der Waals surface area contributed by atoms with Gasteiger partial charge in [0.05, 0.1) is 11.2 Å². The Morgan fingerprint density at radius 2 is 1.32 bits per heavy atom. The van der Waals surface area contributed by atoms with E-state index in [2.05, 4.69) is 129 Å². The van der Waals surface area contributed by atoms with Gasteiger partial charge in [-0.25, -0.2) is 9.97 Å². The van der Waals surface area contributed by atoms with E-state index in [0.29, 0.717) is 0 Å². The Bertz CT molecular complexity index is 2040. The van der Waals surface area contributed by atoms with Crippen molar-refractivity contribution in [1.82, 2.24) is 9.97 Å². The van der Waals surface area contributed by atoms with Gasteiger partial charge in [0.25, 0.3) is 0 Å². The Morgan fingerprint density at radius 1 is 0.579 bits per heavy atom. The molecule has 0 aliphatic rings. The predicted molar refractivity (Wildman–Crippen MR) is 162 cm³/mol. The number of allylic oxidation sites excluding steroid dienone is 1. The number of aryl methyl sites for hydroxylation is 1. The van der Waals surface area contributed by atoms with Gasteiger partial charge in [-0.05, 0) is 69.4 Å². The van der Waals surface area contributed by atoms with Crippen LogP contribution in [0, 0.1) is 6.92 Å². The van der Waals surface area contributed by atoms with Gasteiger partial charge in [0.1, 0.15) is 0 Å². The first-order valence-electron chi connectivity index (χ1n) is 13.1. The SMILES string of the molecule is C/C=C\c1c(C)c2ccccc2c2cc(-c3nc(-c4ccccc4)c4c(ccc5ccccc54)n3)ccc12. The molecule has 0 fully saturated rings. The van der Waals surface area contributed by atoms with Crippen molar-refractivity contribution in [2.24, 2.45) is 0 Å². The fraction of sp³-hybridized carbons (Fsp3) is 0.0556. The van der Waals surface area contributed by atoms with Crippen molar-refractivity contribution in [3.63, 3.8) is 0 Å². The molecule has 0 atom stereocenters. The van der Waals surface area contributed by atoms with Crippen molar-refractivity contribution in [3.05, 3.63) is 126 Å². The fourth-order valence-electron chi connectivity index (χ4n) is 5.75. The molecular weight excluding hydrogens is 460 g/mol. The quantitative estimate of drug-likeness (QED) is 0.232. The number of nitrogens with zero attached hydrogens (tertiary/aromatic N) is 2. The lowest BCUT2D eigenvalue weighted by molar-refractivity contribution is 1.23. The number of fused-ring (bicyclic) bond motifs is 6. The van der Waals surface area contributed by atoms with Crippen LogP contribution in [0.25, 0.3) is 71.9 Å². The monoisotopic (exact) mass is 486 g/mol. The summed E-state index contributed by atoms with van der Waals surface area (Å²) in [4.78, 5) is 10.3. The number of aromatic nitrogens is 2. The molecule has 0 saturated heterocycles. The van der Waals surface area contributed by atoms with E-state index in [1.54, 1.807) is 0 Å². The van der Waals surface area contributed by atoms with Gasteiger partial charge in [0, 0.05) is 16.5 Å². The van der Waals surface area contributed by atoms with Crippen LogP contribution in [0.3, 0.4) is 0 Å². The molecule has 7 rings (SSSR count). The highest BCUT2D eigenvalue weighted by atomic mass is 14.9. The first-order valence-corrected chi connectivity index (χ1v) is 13.1. The van der Waals surface area contributed by atoms with Gasteiger partial charge >= 0.3 is 0 Å². The number of hydrogen-bond acceptors (Lipinski definition) is 2. The van der Waals surface area contributed by atoms with E-state index in [-0.39, 0.29) is 0 Å². The third kappa shape index (κ3) is 3.49. The average Bonchev–Trinajstić information content (AvgIpc) is 2.98. The molecule has 0 unspecified atom stereocenters. The third-order valence-corrected chi connectivity index (χ3v) is 7.56. The van der Waals surface area contributed by atoms with E-state index in [4.69, 9.17) is 9.97 Å². The van der Waals surface area contributed by atoms with Crippen molar-refractivity contribution in [3.8, 4) is 22.6 Å². The fourth-order valence-corrected chi connectivity index (χ4v) is 5.75. The summed E-state index contributed by atoms with van der Waals surface area (Å²) in [6, 6.07) is 38.6. The minimum Gasteiger partial charge on any atom is -0.228 e. The molecule has 0 bridgehead atoms. The van der Waals surface area contributed by atoms with Crippen LogP contribution in [-0.4, -0.2) is 9.97 Å². The van der Waals surface area contributed by atoms with Gasteiger partial charge in [-0.3, -0.25) is 0 Å². The standard InChI is InChI=1S/C36H26N2/c1-3-11-27-23(2)28-15-9-10-17-30(28)32-22-26(18-20-31(27)32)36-37-33-21-19-24-12-7-8-16-29(24)34(33)35(38-36)25-13-5-4-6-14-25/h3-22H,1-2H3/b11-3-. The molecular formula is C36H26N2. The molecule has 2 nitrogen and oxygen atoms in total. The second kappa shape index (κ2) is 8.93. The predicted octanol–water partition coefficient (Wildman–Crippen LogP) is 9.76. The van der Waals surface area contributed by atoms with Crippen LogP contribution >= 0.6 is 0 Å². The number of rotatable bonds is 3. The highest BCUT2D eigenvalue weighted by Gasteiger charge is 2.16. The first kappa shape index (κ1) is 22.4. The van der Waals surface area contributed by atoms with Gasteiger partial charge in [0.2, 0.25) is 0 Å². The zero-order valence-electron chi connectivity index (χ0n) is 21.4. The summed E-state index contributed by atoms with van der Waals surface area (Å²) >= 11 is 0. The first-order chi connectivity index (χ1) is 18.7. The van der Waals surface area contributed by atoms with Crippen molar-refractivity contribution in [1.29, 1.82) is 0 Å². The van der Waals surface area contributed by atoms with Crippen LogP contribution in [0.15, 0.2) is 115 Å². The van der Waals surface area contributed by atoms with E-state index in [1.165, 1.54) is 43.4 Å². The number of hydrogen-bond donors (Lipinski definition) is 0. The molecule has 0 radical (unpaired) electrons. The number of benzene rings is 6. The molecule has 1 aromatic heterocycles. The maximum atomic E-state index is 5.23. The summed E-state index contributed by atoms with van der Waals surface area (Å²) in [5.74, 6) is 0.741. The zero-order valence-corrected chi connectivity index (χ0v) is 21.4. The normalized spacial score (nSPS) is 11.8. The Labute approximate surface area is 221 Å². The Morgan fingerprint density at radius 3 is 2.13 bits per heavy atom. The smallest absolute Gasteiger partial charge is 0.160 e. The minimum atomic E-state index is 0.741. The minimum absolute atomic E-state index is 0.741. The van der Waals surface area contributed by atoms with Crippen LogP contribution in [-0.2, 0) is 0 Å². The molecule has 0 amide bonds. The van der Waals surface area contributed by atoms with Crippen molar-refractivity contribution < 1.29 is 0 Å². The summed E-state index contributed by atoms with van der Waals surface area (Å²) in [6.45, 7) is 4.29. The third-order valence-electron chi connectivity index (χ3n) is 7.56. The van der Waals surface area contributed by atoms with Crippen LogP contribution in [0.4, 0.5) is 0 Å². The molecule has 2 heteroatoms. The molecule has 180 valence electrons. The lowest BCUT2D eigenvalue weighted by atomic mass is 9.91. The Hall–Kier alpha value is -4.82. The van der Waals surface area contributed by atoms with Gasteiger partial charge in [-0.2, -0.15) is 0 Å². The molecule has 0 aliphatic heterocycles. The molecule has 7 aromatic rings. The highest BCUT2D eigenvalue weighted by Crippen LogP contribution is 2.38. The van der Waals surface area contributed by atoms with Gasteiger partial charge < -0.3 is 0 Å². The van der Waals surface area contributed by atoms with Crippen molar-refractivity contribution in [2.45, 2.75) is 13.8 Å². The molecule has 0 aliphatic carbocycles. The van der Waals surface area contributed by atoms with Gasteiger partial charge in [0.15, 0.2) is 5.82 Å². The van der Waals surface area contributed by atoms with Crippen molar-refractivity contribution >= 4 is 49.3 Å². The van der Waals surface area contributed by atoms with E-state index in [0.717, 1.165) is 33.5 Å². The lowest BCUT2D eigenvalue weighted by Gasteiger charge is -2.15. The van der Waals surface area contributed by atoms with Gasteiger partial charge in [-0.1, -0.05) is 109 Å². The second-order valence-electron chi connectivity index (χ2n) is 9.79. The molecule has 38 heavy (non-hydrogen) atoms. The highest BCUT2D eigenvalue weighted by molar-refractivity contribution is 6.14. The zero-order chi connectivity index (χ0) is 25.6. The maximum Gasteiger partial charge on any atom is 0.160 e. The average molecular weight is 487 g/mol. The van der Waals surface area contributed by atoms with Crippen LogP contribution in [0.1, 0.15) is 18.1 Å². The molecule has 0 saturated carbocycles. The van der Waals surface area contributed by atoms with Crippen LogP contribution in [0.5, 0.6) is 0 Å². The van der Waals surface area contributed by atoms with Crippen LogP contribution in [0.2, 0.25) is 0 Å². The van der Waals surface area contributed by atoms with E-state index >= 15 is 0 Å². The molecule has 0 spiro atoms. The maximum absolute atomic E-state index is 5.23. The summed E-state index contributed by atoms with van der Waals surface area (Å²) < 4.78 is 0. The molecule has 0 N–H and O–H groups in total. The second-order valence-corrected chi connectivity index (χ2v) is 9.79. The summed E-state index contributed by atoms with van der Waals surface area (Å²) in [6.07, 6.45) is 4.34. The topological polar surface area (TPSA) is 25.8 Å². The molecule has 1 heterocycles. The van der Waals surface area contributed by atoms with Crippen LogP contribution < -0.4 is 0 Å². The van der Waals surface area contributed by atoms with E-state index in [9.17, 15) is 0 Å². The summed E-state index contributed by atoms with van der Waals surface area (Å²) in [7, 11) is 0. The Balaban J connectivity index is 1.55. The molecule has 6 aromatic carbocycles. The largest absolute Gasteiger partial charge is 0.228 e. The summed E-state index contributed by atoms with van der Waals surface area (Å²) in [5, 5.41) is 8.46. The van der Waals surface area contributed by atoms with E-state index < -0.39 is 0 Å². The summed E-state index contributed by atoms with van der Waals surface area (Å²) in [5.41, 5.74) is 6.60. The van der Waals surface area contributed by atoms with Crippen molar-refractivity contribution in [2.75, 3.05) is 0 Å². The van der Waals surface area contributed by atoms with Gasteiger partial charge in [-0.15, -0.1) is 0 Å². The van der Waals surface area contributed by atoms with E-state index in [1.807, 2.05) is 6.07 Å². The Kier molecular flexibility index (Phi) is 5.26. The lowest BCUT2D eigenvalue weighted by Crippen LogP contribution is -1.96.